The fraction of sp³-hybridized carbons (Fsp3) is 0.462. The van der Waals surface area contributed by atoms with Crippen molar-refractivity contribution in [2.24, 2.45) is 5.73 Å². The van der Waals surface area contributed by atoms with Crippen LogP contribution in [-0.2, 0) is 9.53 Å². The topological polar surface area (TPSA) is 61.5 Å². The van der Waals surface area contributed by atoms with Gasteiger partial charge >= 0.3 is 5.97 Å². The summed E-state index contributed by atoms with van der Waals surface area (Å²) >= 11 is 5.92. The summed E-state index contributed by atoms with van der Waals surface area (Å²) in [6.45, 7) is 4.03. The lowest BCUT2D eigenvalue weighted by atomic mass is 10.0. The zero-order chi connectivity index (χ0) is 14.4. The van der Waals surface area contributed by atoms with Crippen LogP contribution in [0.5, 0.6) is 5.75 Å². The Bertz CT molecular complexity index is 431. The molecule has 0 aliphatic carbocycles. The van der Waals surface area contributed by atoms with Crippen LogP contribution in [0.1, 0.15) is 31.9 Å². The second-order valence-electron chi connectivity index (χ2n) is 3.86. The molecular weight excluding hydrogens is 273 g/mol. The minimum atomic E-state index is -0.665. The highest BCUT2D eigenvalue weighted by atomic mass is 35.5. The Morgan fingerprint density at radius 3 is 2.63 bits per heavy atom. The summed E-state index contributed by atoms with van der Waals surface area (Å²) in [6, 6.07) is 2.06. The van der Waals surface area contributed by atoms with Gasteiger partial charge in [0.1, 0.15) is 0 Å². The zero-order valence-corrected chi connectivity index (χ0v) is 11.7. The van der Waals surface area contributed by atoms with Crippen LogP contribution in [0.25, 0.3) is 0 Å². The lowest BCUT2D eigenvalue weighted by Crippen LogP contribution is -2.17. The van der Waals surface area contributed by atoms with Gasteiger partial charge in [-0.1, -0.05) is 11.6 Å². The van der Waals surface area contributed by atoms with E-state index in [4.69, 9.17) is 26.8 Å². The number of esters is 1. The van der Waals surface area contributed by atoms with Crippen LogP contribution in [0.3, 0.4) is 0 Å². The van der Waals surface area contributed by atoms with Crippen molar-refractivity contribution in [3.8, 4) is 5.75 Å². The Labute approximate surface area is 116 Å². The predicted molar refractivity (Wildman–Crippen MR) is 70.8 cm³/mol. The highest BCUT2D eigenvalue weighted by molar-refractivity contribution is 6.32. The fourth-order valence-electron chi connectivity index (χ4n) is 1.59. The minimum Gasteiger partial charge on any atom is -0.489 e. The SMILES string of the molecule is CCOC(=O)C[C@@H](N)c1cc(F)c(OCC)c(Cl)c1. The minimum absolute atomic E-state index is 0.00347. The first-order chi connectivity index (χ1) is 8.99. The third kappa shape index (κ3) is 4.36. The lowest BCUT2D eigenvalue weighted by molar-refractivity contribution is -0.143. The largest absolute Gasteiger partial charge is 0.489 e. The molecule has 0 aliphatic rings. The molecule has 1 aromatic carbocycles. The third-order valence-corrected chi connectivity index (χ3v) is 2.71. The van der Waals surface area contributed by atoms with Crippen LogP contribution in [0.15, 0.2) is 12.1 Å². The Morgan fingerprint density at radius 2 is 2.11 bits per heavy atom. The van der Waals surface area contributed by atoms with E-state index in [0.717, 1.165) is 0 Å². The highest BCUT2D eigenvalue weighted by Crippen LogP contribution is 2.31. The van der Waals surface area contributed by atoms with Gasteiger partial charge in [-0.25, -0.2) is 4.39 Å². The number of hydrogen-bond donors (Lipinski definition) is 1. The second-order valence-corrected chi connectivity index (χ2v) is 4.27. The van der Waals surface area contributed by atoms with Crippen molar-refractivity contribution in [3.05, 3.63) is 28.5 Å². The van der Waals surface area contributed by atoms with Crippen LogP contribution >= 0.6 is 11.6 Å². The first-order valence-corrected chi connectivity index (χ1v) is 6.40. The van der Waals surface area contributed by atoms with Gasteiger partial charge in [-0.15, -0.1) is 0 Å². The third-order valence-electron chi connectivity index (χ3n) is 2.43. The molecule has 0 aromatic heterocycles. The predicted octanol–water partition coefficient (Wildman–Crippen LogP) is 2.83. The zero-order valence-electron chi connectivity index (χ0n) is 10.9. The first kappa shape index (κ1) is 15.7. The molecule has 4 nitrogen and oxygen atoms in total. The molecule has 0 saturated heterocycles. The summed E-state index contributed by atoms with van der Waals surface area (Å²) < 4.78 is 23.6. The first-order valence-electron chi connectivity index (χ1n) is 6.02. The fourth-order valence-corrected chi connectivity index (χ4v) is 1.86. The Balaban J connectivity index is 2.87. The maximum atomic E-state index is 13.8. The summed E-state index contributed by atoms with van der Waals surface area (Å²) in [5.74, 6) is -1.03. The van der Waals surface area contributed by atoms with Crippen molar-refractivity contribution < 1.29 is 18.7 Å². The maximum Gasteiger partial charge on any atom is 0.307 e. The second kappa shape index (κ2) is 7.31. The van der Waals surface area contributed by atoms with Gasteiger partial charge in [0.2, 0.25) is 0 Å². The van der Waals surface area contributed by atoms with Gasteiger partial charge in [-0.05, 0) is 31.5 Å². The Kier molecular flexibility index (Phi) is 6.05. The van der Waals surface area contributed by atoms with Crippen LogP contribution < -0.4 is 10.5 Å². The highest BCUT2D eigenvalue weighted by Gasteiger charge is 2.17. The summed E-state index contributed by atoms with van der Waals surface area (Å²) in [4.78, 5) is 11.3. The number of carbonyl (C=O) groups is 1. The Hall–Kier alpha value is -1.33. The molecule has 0 saturated carbocycles. The average molecular weight is 290 g/mol. The summed E-state index contributed by atoms with van der Waals surface area (Å²) in [6.07, 6.45) is -0.0302. The molecule has 6 heteroatoms. The van der Waals surface area contributed by atoms with Crippen LogP contribution in [0.2, 0.25) is 5.02 Å². The molecule has 0 amide bonds. The molecule has 1 atom stereocenters. The number of benzene rings is 1. The van der Waals surface area contributed by atoms with Gasteiger partial charge in [-0.2, -0.15) is 0 Å². The molecule has 0 spiro atoms. The maximum absolute atomic E-state index is 13.8. The van der Waals surface area contributed by atoms with Crippen molar-refractivity contribution in [3.63, 3.8) is 0 Å². The molecule has 1 rings (SSSR count). The number of rotatable bonds is 6. The summed E-state index contributed by atoms with van der Waals surface area (Å²) in [5.41, 5.74) is 6.25. The molecule has 0 fully saturated rings. The average Bonchev–Trinajstić information content (AvgIpc) is 2.33. The molecule has 0 unspecified atom stereocenters. The molecule has 0 heterocycles. The van der Waals surface area contributed by atoms with Gasteiger partial charge in [0, 0.05) is 6.04 Å². The smallest absolute Gasteiger partial charge is 0.307 e. The van der Waals surface area contributed by atoms with E-state index in [2.05, 4.69) is 0 Å². The molecule has 1 aromatic rings. The lowest BCUT2D eigenvalue weighted by Gasteiger charge is -2.14. The van der Waals surface area contributed by atoms with Gasteiger partial charge in [0.15, 0.2) is 11.6 Å². The van der Waals surface area contributed by atoms with Gasteiger partial charge in [0.25, 0.3) is 0 Å². The van der Waals surface area contributed by atoms with Crippen molar-refractivity contribution >= 4 is 17.6 Å². The van der Waals surface area contributed by atoms with E-state index < -0.39 is 17.8 Å². The normalized spacial score (nSPS) is 12.1. The van der Waals surface area contributed by atoms with E-state index in [-0.39, 0.29) is 23.8 Å². The molecule has 19 heavy (non-hydrogen) atoms. The van der Waals surface area contributed by atoms with Crippen LogP contribution in [-0.4, -0.2) is 19.2 Å². The standard InChI is InChI=1S/C13H17ClFNO3/c1-3-18-12(17)7-11(16)8-5-9(14)13(19-4-2)10(15)6-8/h5-6,11H,3-4,7,16H2,1-2H3/t11-/m1/s1. The quantitative estimate of drug-likeness (QED) is 0.818. The van der Waals surface area contributed by atoms with E-state index in [1.165, 1.54) is 12.1 Å². The van der Waals surface area contributed by atoms with E-state index >= 15 is 0 Å². The summed E-state index contributed by atoms with van der Waals surface area (Å²) in [5, 5.41) is 0.135. The number of carbonyl (C=O) groups excluding carboxylic acids is 1. The number of halogens is 2. The molecule has 106 valence electrons. The monoisotopic (exact) mass is 289 g/mol. The Morgan fingerprint density at radius 1 is 1.42 bits per heavy atom. The molecule has 0 aliphatic heterocycles. The summed E-state index contributed by atoms with van der Waals surface area (Å²) in [7, 11) is 0. The van der Waals surface area contributed by atoms with Gasteiger partial charge < -0.3 is 15.2 Å². The van der Waals surface area contributed by atoms with Crippen LogP contribution in [0, 0.1) is 5.82 Å². The van der Waals surface area contributed by atoms with Crippen LogP contribution in [0.4, 0.5) is 4.39 Å². The molecule has 2 N–H and O–H groups in total. The van der Waals surface area contributed by atoms with Crippen molar-refractivity contribution in [2.75, 3.05) is 13.2 Å². The number of hydrogen-bond acceptors (Lipinski definition) is 4. The number of nitrogens with two attached hydrogens (primary N) is 1. The van der Waals surface area contributed by atoms with Crippen molar-refractivity contribution in [2.45, 2.75) is 26.3 Å². The van der Waals surface area contributed by atoms with Gasteiger partial charge in [-0.3, -0.25) is 4.79 Å². The van der Waals surface area contributed by atoms with E-state index in [1.54, 1.807) is 13.8 Å². The van der Waals surface area contributed by atoms with E-state index in [9.17, 15) is 9.18 Å². The molecule has 0 bridgehead atoms. The van der Waals surface area contributed by atoms with Gasteiger partial charge in [0.05, 0.1) is 24.7 Å². The number of ether oxygens (including phenoxy) is 2. The van der Waals surface area contributed by atoms with E-state index in [0.29, 0.717) is 12.2 Å². The molecular formula is C13H17ClFNO3. The van der Waals surface area contributed by atoms with Crippen molar-refractivity contribution in [1.82, 2.24) is 0 Å². The van der Waals surface area contributed by atoms with Crippen molar-refractivity contribution in [1.29, 1.82) is 0 Å². The molecule has 0 radical (unpaired) electrons. The van der Waals surface area contributed by atoms with E-state index in [1.807, 2.05) is 0 Å².